The number of rotatable bonds is 9. The number of amides is 4. The smallest absolute Gasteiger partial charge is 0.334 e. The van der Waals surface area contributed by atoms with E-state index in [0.29, 0.717) is 0 Å². The molecule has 2 N–H and O–H groups in total. The molecule has 1 aromatic rings. The van der Waals surface area contributed by atoms with Crippen LogP contribution in [-0.4, -0.2) is 101 Å². The first-order chi connectivity index (χ1) is 16.3. The molecule has 2 fully saturated rings. The fourth-order valence-corrected chi connectivity index (χ4v) is 4.20. The van der Waals surface area contributed by atoms with E-state index in [1.807, 2.05) is 30.3 Å². The summed E-state index contributed by atoms with van der Waals surface area (Å²) in [4.78, 5) is 53.4. The molecule has 0 unspecified atom stereocenters. The molecule has 11 heteroatoms. The van der Waals surface area contributed by atoms with Crippen molar-refractivity contribution in [2.24, 2.45) is 0 Å². The zero-order valence-electron chi connectivity index (χ0n) is 19.1. The third-order valence-corrected chi connectivity index (χ3v) is 5.76. The largest absolute Gasteiger partial charge is 0.481 e. The second-order valence-electron chi connectivity index (χ2n) is 8.08. The number of nitrogens with zero attached hydrogens (tertiary/aromatic N) is 4. The number of carbonyl (C=O) groups excluding carboxylic acids is 3. The lowest BCUT2D eigenvalue weighted by atomic mass is 10.0. The molecule has 1 aromatic carbocycles. The van der Waals surface area contributed by atoms with E-state index in [1.165, 1.54) is 19.8 Å². The molecule has 2 aliphatic rings. The van der Waals surface area contributed by atoms with Crippen LogP contribution >= 0.6 is 0 Å². The average Bonchev–Trinajstić information content (AvgIpc) is 2.81. The van der Waals surface area contributed by atoms with Gasteiger partial charge in [-0.2, -0.15) is 0 Å². The van der Waals surface area contributed by atoms with Crippen LogP contribution < -0.4 is 5.32 Å². The first-order valence-corrected chi connectivity index (χ1v) is 11.0. The molecule has 0 spiro atoms. The van der Waals surface area contributed by atoms with Gasteiger partial charge in [-0.15, -0.1) is 6.42 Å². The molecule has 2 atom stereocenters. The predicted molar refractivity (Wildman–Crippen MR) is 121 cm³/mol. The first kappa shape index (κ1) is 25.0. The van der Waals surface area contributed by atoms with E-state index in [-0.39, 0.29) is 64.0 Å². The highest BCUT2D eigenvalue weighted by Crippen LogP contribution is 2.27. The summed E-state index contributed by atoms with van der Waals surface area (Å²) >= 11 is 0. The highest BCUT2D eigenvalue weighted by atomic mass is 16.5. The van der Waals surface area contributed by atoms with Crippen LogP contribution in [0.4, 0.5) is 4.79 Å². The maximum atomic E-state index is 13.2. The Morgan fingerprint density at radius 2 is 2.00 bits per heavy atom. The van der Waals surface area contributed by atoms with Crippen LogP contribution in [0.2, 0.25) is 0 Å². The maximum absolute atomic E-state index is 13.2. The number of hydrazine groups is 1. The van der Waals surface area contributed by atoms with Crippen molar-refractivity contribution >= 4 is 23.8 Å². The number of hydrogen-bond acceptors (Lipinski definition) is 6. The van der Waals surface area contributed by atoms with Gasteiger partial charge in [0.2, 0.25) is 11.8 Å². The van der Waals surface area contributed by atoms with E-state index in [9.17, 15) is 19.2 Å². The minimum absolute atomic E-state index is 0.0543. The molecule has 2 aliphatic heterocycles. The van der Waals surface area contributed by atoms with E-state index in [0.717, 1.165) is 5.56 Å². The zero-order valence-corrected chi connectivity index (χ0v) is 19.1. The van der Waals surface area contributed by atoms with Crippen LogP contribution in [0.15, 0.2) is 30.3 Å². The molecular weight excluding hydrogens is 442 g/mol. The van der Waals surface area contributed by atoms with Gasteiger partial charge in [0.25, 0.3) is 0 Å². The number of carbonyl (C=O) groups is 4. The van der Waals surface area contributed by atoms with Gasteiger partial charge in [0.1, 0.15) is 18.8 Å². The molecule has 0 bridgehead atoms. The molecule has 11 nitrogen and oxygen atoms in total. The number of carboxylic acids is 1. The SMILES string of the molecule is C#CCOCCN1C[C@H]2N(C(=O)CN(C)N2C(=O)NCc2ccccc2)[C@@H](CCC(=O)O)C1=O. The number of benzene rings is 1. The van der Waals surface area contributed by atoms with Gasteiger partial charge < -0.3 is 25.0 Å². The van der Waals surface area contributed by atoms with Crippen LogP contribution in [0.1, 0.15) is 18.4 Å². The molecule has 34 heavy (non-hydrogen) atoms. The van der Waals surface area contributed by atoms with Crippen molar-refractivity contribution in [3.63, 3.8) is 0 Å². The molecule has 2 saturated heterocycles. The van der Waals surface area contributed by atoms with Gasteiger partial charge in [-0.1, -0.05) is 36.3 Å². The highest BCUT2D eigenvalue weighted by Gasteiger charge is 2.50. The fourth-order valence-electron chi connectivity index (χ4n) is 4.20. The minimum Gasteiger partial charge on any atom is -0.481 e. The van der Waals surface area contributed by atoms with Gasteiger partial charge >= 0.3 is 12.0 Å². The topological polar surface area (TPSA) is 123 Å². The Labute approximate surface area is 198 Å². The number of aliphatic carboxylic acids is 1. The lowest BCUT2D eigenvalue weighted by molar-refractivity contribution is -0.188. The van der Waals surface area contributed by atoms with Gasteiger partial charge in [0.05, 0.1) is 19.7 Å². The van der Waals surface area contributed by atoms with Crippen LogP contribution in [0, 0.1) is 12.3 Å². The molecule has 4 amide bonds. The summed E-state index contributed by atoms with van der Waals surface area (Å²) < 4.78 is 5.30. The number of nitrogens with one attached hydrogen (secondary N) is 1. The molecule has 2 heterocycles. The van der Waals surface area contributed by atoms with Crippen LogP contribution in [0.5, 0.6) is 0 Å². The van der Waals surface area contributed by atoms with Crippen molar-refractivity contribution in [3.8, 4) is 12.3 Å². The summed E-state index contributed by atoms with van der Waals surface area (Å²) in [6.07, 6.45) is 4.07. The molecule has 0 radical (unpaired) electrons. The third-order valence-electron chi connectivity index (χ3n) is 5.76. The molecule has 0 aromatic heterocycles. The summed E-state index contributed by atoms with van der Waals surface area (Å²) in [5.41, 5.74) is 0.911. The van der Waals surface area contributed by atoms with Crippen LogP contribution in [0.25, 0.3) is 0 Å². The van der Waals surface area contributed by atoms with E-state index in [4.69, 9.17) is 16.3 Å². The number of likely N-dealkylation sites (N-methyl/N-ethyl adjacent to an activating group) is 1. The van der Waals surface area contributed by atoms with Gasteiger partial charge in [-0.3, -0.25) is 14.4 Å². The summed E-state index contributed by atoms with van der Waals surface area (Å²) in [5.74, 6) is 0.569. The van der Waals surface area contributed by atoms with E-state index in [2.05, 4.69) is 11.2 Å². The van der Waals surface area contributed by atoms with Crippen molar-refractivity contribution < 1.29 is 29.0 Å². The van der Waals surface area contributed by atoms with Gasteiger partial charge in [0, 0.05) is 26.6 Å². The van der Waals surface area contributed by atoms with E-state index in [1.54, 1.807) is 7.05 Å². The second kappa shape index (κ2) is 11.5. The molecule has 0 saturated carbocycles. The molecule has 182 valence electrons. The Morgan fingerprint density at radius 3 is 2.68 bits per heavy atom. The van der Waals surface area contributed by atoms with Crippen LogP contribution in [-0.2, 0) is 25.7 Å². The number of terminal acetylenes is 1. The minimum atomic E-state index is -1.07. The Balaban J connectivity index is 1.82. The number of urea groups is 1. The van der Waals surface area contributed by atoms with Gasteiger partial charge in [-0.05, 0) is 12.0 Å². The Hall–Kier alpha value is -3.62. The number of carboxylic acid groups (broad SMARTS) is 1. The molecule has 0 aliphatic carbocycles. The van der Waals surface area contributed by atoms with E-state index >= 15 is 0 Å². The summed E-state index contributed by atoms with van der Waals surface area (Å²) in [5, 5.41) is 15.0. The van der Waals surface area contributed by atoms with Crippen molar-refractivity contribution in [3.05, 3.63) is 35.9 Å². The zero-order chi connectivity index (χ0) is 24.7. The van der Waals surface area contributed by atoms with Crippen molar-refractivity contribution in [1.29, 1.82) is 0 Å². The third kappa shape index (κ3) is 5.84. The highest BCUT2D eigenvalue weighted by molar-refractivity contribution is 5.91. The number of ether oxygens (including phenoxy) is 1. The van der Waals surface area contributed by atoms with Crippen molar-refractivity contribution in [1.82, 2.24) is 25.1 Å². The lowest BCUT2D eigenvalue weighted by Crippen LogP contribution is -2.76. The molecular formula is C23H29N5O6. The summed E-state index contributed by atoms with van der Waals surface area (Å²) in [6.45, 7) is 0.711. The number of hydrogen-bond donors (Lipinski definition) is 2. The number of piperazine rings is 1. The van der Waals surface area contributed by atoms with Gasteiger partial charge in [0.15, 0.2) is 0 Å². The Kier molecular flexibility index (Phi) is 8.45. The normalized spacial score (nSPS) is 20.6. The molecule has 3 rings (SSSR count). The first-order valence-electron chi connectivity index (χ1n) is 11.0. The van der Waals surface area contributed by atoms with E-state index < -0.39 is 24.2 Å². The maximum Gasteiger partial charge on any atom is 0.334 e. The predicted octanol–water partition coefficient (Wildman–Crippen LogP) is -0.0613. The quantitative estimate of drug-likeness (QED) is 0.382. The fraction of sp³-hybridized carbons (Fsp3) is 0.478. The summed E-state index contributed by atoms with van der Waals surface area (Å²) in [7, 11) is 1.63. The second-order valence-corrected chi connectivity index (χ2v) is 8.08. The lowest BCUT2D eigenvalue weighted by Gasteiger charge is -2.54. The Morgan fingerprint density at radius 1 is 1.26 bits per heavy atom. The van der Waals surface area contributed by atoms with Crippen molar-refractivity contribution in [2.45, 2.75) is 31.6 Å². The van der Waals surface area contributed by atoms with Crippen molar-refractivity contribution in [2.75, 3.05) is 39.9 Å². The summed E-state index contributed by atoms with van der Waals surface area (Å²) in [6, 6.07) is 7.97. The number of fused-ring (bicyclic) bond motifs is 1. The van der Waals surface area contributed by atoms with Gasteiger partial charge in [-0.25, -0.2) is 14.8 Å². The van der Waals surface area contributed by atoms with Crippen LogP contribution in [0.3, 0.4) is 0 Å². The monoisotopic (exact) mass is 471 g/mol. The average molecular weight is 472 g/mol. The standard InChI is InChI=1S/C23H29N5O6/c1-3-12-34-13-11-26-15-19-27(18(22(26)32)9-10-21(30)31)20(29)16-25(2)28(19)23(33)24-14-17-7-5-4-6-8-17/h1,4-8,18-19H,9-16H2,2H3,(H,24,33)(H,30,31)/t18-,19-/m0/s1. The Bertz CT molecular complexity index is 949.